The zero-order valence-electron chi connectivity index (χ0n) is 30.7. The summed E-state index contributed by atoms with van der Waals surface area (Å²) in [5, 5.41) is 6.07. The van der Waals surface area contributed by atoms with E-state index in [-0.39, 0.29) is 35.1 Å². The van der Waals surface area contributed by atoms with E-state index < -0.39 is 30.0 Å². The van der Waals surface area contributed by atoms with Crippen molar-refractivity contribution < 1.29 is 25.9 Å². The lowest BCUT2D eigenvalue weighted by Gasteiger charge is -2.15. The molecule has 0 spiro atoms. The van der Waals surface area contributed by atoms with Crippen LogP contribution in [-0.2, 0) is 33.1 Å². The first kappa shape index (κ1) is 39.4. The molecule has 2 heterocycles. The maximum absolute atomic E-state index is 12.6. The Labute approximate surface area is 324 Å². The molecule has 6 aromatic rings. The average molecular weight is 795 g/mol. The molecule has 0 atom stereocenters. The number of para-hydroxylation sites is 1. The second kappa shape index (κ2) is 16.6. The number of benzene rings is 4. The van der Waals surface area contributed by atoms with Crippen molar-refractivity contribution in [3.05, 3.63) is 131 Å². The maximum atomic E-state index is 12.6. The van der Waals surface area contributed by atoms with Gasteiger partial charge >= 0.3 is 0 Å². The molecule has 0 aliphatic rings. The van der Waals surface area contributed by atoms with Crippen LogP contribution in [0, 0.1) is 0 Å². The number of anilines is 6. The number of nitrogens with one attached hydrogen (secondary N) is 2. The second-order valence-corrected chi connectivity index (χ2v) is 15.7. The van der Waals surface area contributed by atoms with Crippen LogP contribution in [0.25, 0.3) is 12.2 Å². The van der Waals surface area contributed by atoms with Crippen molar-refractivity contribution in [2.45, 2.75) is 22.6 Å². The summed E-state index contributed by atoms with van der Waals surface area (Å²) in [6, 6.07) is 27.5. The van der Waals surface area contributed by atoms with Gasteiger partial charge in [-0.3, -0.25) is 9.11 Å². The molecule has 4 aromatic carbocycles. The summed E-state index contributed by atoms with van der Waals surface area (Å²) < 4.78 is 70.8. The SMILES string of the molecule is CN(C)c1nc(Cc2ccccc2)nc(Cc2ccc(/C=C/c3ccc(Nc4nc(Nc5ccccc5)nc(N(C)C)n4)cc3S(=O)(=O)O)c(S(=O)(=O)O)c2)n1. The van der Waals surface area contributed by atoms with Gasteiger partial charge in [0, 0.05) is 52.4 Å². The predicted molar refractivity (Wildman–Crippen MR) is 215 cm³/mol. The fourth-order valence-corrected chi connectivity index (χ4v) is 6.88. The molecule has 2 aromatic heterocycles. The fourth-order valence-electron chi connectivity index (χ4n) is 5.43. The Morgan fingerprint density at radius 1 is 0.536 bits per heavy atom. The van der Waals surface area contributed by atoms with Gasteiger partial charge in [-0.2, -0.15) is 41.8 Å². The topological polar surface area (TPSA) is 217 Å². The van der Waals surface area contributed by atoms with Gasteiger partial charge in [0.15, 0.2) is 0 Å². The largest absolute Gasteiger partial charge is 0.347 e. The van der Waals surface area contributed by atoms with Gasteiger partial charge in [-0.15, -0.1) is 0 Å². The molecule has 0 aliphatic heterocycles. The quantitative estimate of drug-likeness (QED) is 0.0788. The molecule has 56 heavy (non-hydrogen) atoms. The first-order valence-electron chi connectivity index (χ1n) is 17.0. The number of nitrogens with zero attached hydrogens (tertiary/aromatic N) is 8. The molecule has 18 heteroatoms. The third kappa shape index (κ3) is 10.2. The summed E-state index contributed by atoms with van der Waals surface area (Å²) in [5.41, 5.74) is 2.56. The zero-order chi connectivity index (χ0) is 40.0. The molecule has 288 valence electrons. The van der Waals surface area contributed by atoms with Gasteiger partial charge in [0.1, 0.15) is 21.4 Å². The van der Waals surface area contributed by atoms with Crippen LogP contribution >= 0.6 is 0 Å². The number of rotatable bonds is 14. The Morgan fingerprint density at radius 2 is 1.02 bits per heavy atom. The van der Waals surface area contributed by atoms with Crippen LogP contribution < -0.4 is 20.4 Å². The van der Waals surface area contributed by atoms with E-state index in [2.05, 4.69) is 40.5 Å². The summed E-state index contributed by atoms with van der Waals surface area (Å²) in [5.74, 6) is 1.99. The highest BCUT2D eigenvalue weighted by Crippen LogP contribution is 2.28. The number of hydrogen-bond acceptors (Lipinski definition) is 14. The summed E-state index contributed by atoms with van der Waals surface area (Å²) >= 11 is 0. The van der Waals surface area contributed by atoms with Gasteiger partial charge in [0.05, 0.1) is 0 Å². The lowest BCUT2D eigenvalue weighted by molar-refractivity contribution is 0.480. The van der Waals surface area contributed by atoms with Crippen LogP contribution in [-0.4, -0.2) is 84.0 Å². The van der Waals surface area contributed by atoms with E-state index in [0.29, 0.717) is 35.5 Å². The third-order valence-corrected chi connectivity index (χ3v) is 9.90. The summed E-state index contributed by atoms with van der Waals surface area (Å²) in [6.07, 6.45) is 3.23. The van der Waals surface area contributed by atoms with Crippen molar-refractivity contribution in [2.75, 3.05) is 48.6 Å². The third-order valence-electron chi connectivity index (χ3n) is 8.08. The number of aromatic nitrogens is 6. The predicted octanol–water partition coefficient (Wildman–Crippen LogP) is 5.52. The molecule has 0 radical (unpaired) electrons. The van der Waals surface area contributed by atoms with Crippen molar-refractivity contribution in [1.29, 1.82) is 0 Å². The Balaban J connectivity index is 1.28. The first-order valence-corrected chi connectivity index (χ1v) is 19.9. The molecule has 0 unspecified atom stereocenters. The zero-order valence-corrected chi connectivity index (χ0v) is 32.4. The Kier molecular flexibility index (Phi) is 11.6. The van der Waals surface area contributed by atoms with Crippen molar-refractivity contribution in [3.8, 4) is 0 Å². The minimum absolute atomic E-state index is 0.0341. The molecule has 0 saturated carbocycles. The van der Waals surface area contributed by atoms with E-state index in [0.717, 1.165) is 11.3 Å². The lowest BCUT2D eigenvalue weighted by Crippen LogP contribution is -2.17. The van der Waals surface area contributed by atoms with E-state index in [1.807, 2.05) is 60.7 Å². The molecule has 0 aliphatic carbocycles. The Bertz CT molecular complexity index is 2430. The van der Waals surface area contributed by atoms with Crippen molar-refractivity contribution in [3.63, 3.8) is 0 Å². The van der Waals surface area contributed by atoms with Crippen molar-refractivity contribution in [2.24, 2.45) is 0 Å². The van der Waals surface area contributed by atoms with E-state index in [1.165, 1.54) is 42.5 Å². The maximum Gasteiger partial charge on any atom is 0.295 e. The first-order chi connectivity index (χ1) is 26.6. The van der Waals surface area contributed by atoms with E-state index in [4.69, 9.17) is 0 Å². The lowest BCUT2D eigenvalue weighted by atomic mass is 10.1. The van der Waals surface area contributed by atoms with Gasteiger partial charge in [0.25, 0.3) is 20.2 Å². The van der Waals surface area contributed by atoms with Crippen molar-refractivity contribution >= 4 is 67.6 Å². The summed E-state index contributed by atoms with van der Waals surface area (Å²) in [4.78, 5) is 29.4. The number of hydrogen-bond donors (Lipinski definition) is 4. The smallest absolute Gasteiger partial charge is 0.295 e. The molecule has 0 amide bonds. The highest BCUT2D eigenvalue weighted by molar-refractivity contribution is 7.86. The van der Waals surface area contributed by atoms with Crippen LogP contribution in [0.5, 0.6) is 0 Å². The fraction of sp³-hybridized carbons (Fsp3) is 0.158. The average Bonchev–Trinajstić information content (AvgIpc) is 3.14. The van der Waals surface area contributed by atoms with Crippen LogP contribution in [0.3, 0.4) is 0 Å². The minimum atomic E-state index is -4.79. The van der Waals surface area contributed by atoms with E-state index in [1.54, 1.807) is 44.1 Å². The summed E-state index contributed by atoms with van der Waals surface area (Å²) in [7, 11) is -2.43. The van der Waals surface area contributed by atoms with Crippen LogP contribution in [0.4, 0.5) is 35.2 Å². The normalized spacial score (nSPS) is 11.8. The van der Waals surface area contributed by atoms with Gasteiger partial charge in [0.2, 0.25) is 23.8 Å². The molecule has 4 N–H and O–H groups in total. The van der Waals surface area contributed by atoms with Crippen LogP contribution in [0.15, 0.2) is 107 Å². The van der Waals surface area contributed by atoms with Gasteiger partial charge in [-0.25, -0.2) is 4.98 Å². The molecule has 6 rings (SSSR count). The second-order valence-electron chi connectivity index (χ2n) is 12.9. The standard InChI is InChI=1S/C38H38N10O6S2/c1-47(2)37-42-33(22-25-11-7-5-8-12-25)41-34(43-37)23-26-15-16-27(31(21-26)55(49,50)51)17-18-28-19-20-30(24-32(28)56(52,53)54)40-36-44-35(45-38(46-36)48(3)4)39-29-13-9-6-10-14-29/h5-21,24H,22-23H2,1-4H3,(H,49,50,51)(H,52,53,54)(H2,39,40,44,45,46)/b18-17+. The monoisotopic (exact) mass is 794 g/mol. The van der Waals surface area contributed by atoms with Crippen LogP contribution in [0.2, 0.25) is 0 Å². The Morgan fingerprint density at radius 3 is 1.57 bits per heavy atom. The summed E-state index contributed by atoms with van der Waals surface area (Å²) in [6.45, 7) is 0. The van der Waals surface area contributed by atoms with E-state index >= 15 is 0 Å². The highest BCUT2D eigenvalue weighted by atomic mass is 32.2. The minimum Gasteiger partial charge on any atom is -0.347 e. The molecule has 0 bridgehead atoms. The Hall–Kier alpha value is -6.34. The highest BCUT2D eigenvalue weighted by Gasteiger charge is 2.19. The molecular weight excluding hydrogens is 757 g/mol. The van der Waals surface area contributed by atoms with Crippen molar-refractivity contribution in [1.82, 2.24) is 29.9 Å². The van der Waals surface area contributed by atoms with Gasteiger partial charge in [-0.05, 0) is 52.6 Å². The van der Waals surface area contributed by atoms with E-state index in [9.17, 15) is 25.9 Å². The van der Waals surface area contributed by atoms with Gasteiger partial charge < -0.3 is 20.4 Å². The molecule has 0 saturated heterocycles. The molecule has 0 fully saturated rings. The van der Waals surface area contributed by atoms with Gasteiger partial charge in [-0.1, -0.05) is 78.9 Å². The molecule has 16 nitrogen and oxygen atoms in total. The van der Waals surface area contributed by atoms with Crippen LogP contribution in [0.1, 0.15) is 33.9 Å². The molecular formula is C38H38N10O6S2.